The number of aromatic carboxylic acids is 1. The van der Waals surface area contributed by atoms with Crippen molar-refractivity contribution < 1.29 is 29.3 Å². The second kappa shape index (κ2) is 7.54. The highest BCUT2D eigenvalue weighted by atomic mass is 35.5. The molecule has 3 N–H and O–H groups in total. The lowest BCUT2D eigenvalue weighted by atomic mass is 10.1. The van der Waals surface area contributed by atoms with E-state index in [0.29, 0.717) is 10.6 Å². The Hall–Kier alpha value is -2.58. The van der Waals surface area contributed by atoms with Crippen LogP contribution in [-0.2, 0) is 14.3 Å². The molecule has 2 rings (SSSR count). The average Bonchev–Trinajstić information content (AvgIpc) is 2.88. The van der Waals surface area contributed by atoms with Crippen molar-refractivity contribution in [3.8, 4) is 0 Å². The lowest BCUT2D eigenvalue weighted by Gasteiger charge is -2.17. The van der Waals surface area contributed by atoms with Gasteiger partial charge in [0.05, 0.1) is 37.1 Å². The summed E-state index contributed by atoms with van der Waals surface area (Å²) in [4.78, 5) is 37.2. The molecular formula is C16H17ClN2O6. The molecule has 8 nitrogen and oxygen atoms in total. The number of carbonyl (C=O) groups excluding carboxylic acids is 2. The van der Waals surface area contributed by atoms with Gasteiger partial charge in [0, 0.05) is 11.6 Å². The number of β-amino-alcohol motifs (C(OH)–C–C–N with tert-alkyl or cyclic N) is 1. The van der Waals surface area contributed by atoms with E-state index < -0.39 is 17.8 Å². The van der Waals surface area contributed by atoms with Crippen LogP contribution in [0.5, 0.6) is 0 Å². The van der Waals surface area contributed by atoms with Crippen LogP contribution < -0.4 is 5.32 Å². The molecule has 9 heteroatoms. The standard InChI is InChI=1S/C16H17ClN2O6/c1-8-11(17)4-3-9(15(22)23)12(8)18-13-10(16(24)25-2)7-19(5-6-20)14(13)21/h3-4,18,20H,5-7H2,1-2H3,(H,22,23). The Balaban J connectivity index is 2.52. The number of anilines is 1. The Morgan fingerprint density at radius 2 is 2.08 bits per heavy atom. The van der Waals surface area contributed by atoms with Gasteiger partial charge >= 0.3 is 11.9 Å². The number of nitrogens with zero attached hydrogens (tertiary/aromatic N) is 1. The van der Waals surface area contributed by atoms with Crippen molar-refractivity contribution in [3.05, 3.63) is 39.6 Å². The maximum atomic E-state index is 12.5. The summed E-state index contributed by atoms with van der Waals surface area (Å²) in [6.07, 6.45) is 0. The summed E-state index contributed by atoms with van der Waals surface area (Å²) in [6, 6.07) is 2.75. The molecule has 0 saturated carbocycles. The third kappa shape index (κ3) is 3.59. The highest BCUT2D eigenvalue weighted by Gasteiger charge is 2.35. The average molecular weight is 369 g/mol. The molecule has 1 aromatic carbocycles. The molecule has 1 heterocycles. The summed E-state index contributed by atoms with van der Waals surface area (Å²) < 4.78 is 4.69. The van der Waals surface area contributed by atoms with E-state index >= 15 is 0 Å². The third-order valence-corrected chi connectivity index (χ3v) is 4.24. The number of ether oxygens (including phenoxy) is 1. The molecule has 0 bridgehead atoms. The second-order valence-corrected chi connectivity index (χ2v) is 5.73. The van der Waals surface area contributed by atoms with Crippen molar-refractivity contribution in [1.29, 1.82) is 0 Å². The molecule has 0 saturated heterocycles. The fourth-order valence-electron chi connectivity index (χ4n) is 2.50. The van der Waals surface area contributed by atoms with E-state index in [1.54, 1.807) is 6.92 Å². The van der Waals surface area contributed by atoms with Crippen LogP contribution in [0, 0.1) is 6.92 Å². The van der Waals surface area contributed by atoms with Crippen LogP contribution in [0.3, 0.4) is 0 Å². The Bertz CT molecular complexity index is 774. The number of hydrogen-bond acceptors (Lipinski definition) is 6. The number of carboxylic acid groups (broad SMARTS) is 1. The molecule has 0 aromatic heterocycles. The zero-order valence-corrected chi connectivity index (χ0v) is 14.4. The number of nitrogens with one attached hydrogen (secondary N) is 1. The first-order valence-electron chi connectivity index (χ1n) is 7.32. The number of rotatable bonds is 6. The van der Waals surface area contributed by atoms with Crippen molar-refractivity contribution in [2.24, 2.45) is 0 Å². The lowest BCUT2D eigenvalue weighted by molar-refractivity contribution is -0.136. The van der Waals surface area contributed by atoms with Gasteiger partial charge in [-0.1, -0.05) is 11.6 Å². The lowest BCUT2D eigenvalue weighted by Crippen LogP contribution is -2.31. The Labute approximate surface area is 148 Å². The van der Waals surface area contributed by atoms with E-state index in [2.05, 4.69) is 10.1 Å². The Morgan fingerprint density at radius 3 is 2.64 bits per heavy atom. The molecule has 1 amide bonds. The number of halogens is 1. The van der Waals surface area contributed by atoms with Crippen molar-refractivity contribution in [2.45, 2.75) is 6.92 Å². The van der Waals surface area contributed by atoms with Gasteiger partial charge in [-0.15, -0.1) is 0 Å². The minimum absolute atomic E-state index is 0.0326. The highest BCUT2D eigenvalue weighted by Crippen LogP contribution is 2.31. The molecule has 25 heavy (non-hydrogen) atoms. The zero-order valence-electron chi connectivity index (χ0n) is 13.6. The van der Waals surface area contributed by atoms with Crippen LogP contribution in [-0.4, -0.2) is 59.8 Å². The first-order chi connectivity index (χ1) is 11.8. The molecule has 0 radical (unpaired) electrons. The van der Waals surface area contributed by atoms with E-state index in [0.717, 1.165) is 0 Å². The van der Waals surface area contributed by atoms with Crippen LogP contribution in [0.15, 0.2) is 23.4 Å². The zero-order chi connectivity index (χ0) is 18.7. The summed E-state index contributed by atoms with van der Waals surface area (Å²) in [6.45, 7) is 1.31. The van der Waals surface area contributed by atoms with Crippen LogP contribution in [0.2, 0.25) is 5.02 Å². The summed E-state index contributed by atoms with van der Waals surface area (Å²) in [5.74, 6) is -2.46. The van der Waals surface area contributed by atoms with Gasteiger partial charge < -0.3 is 25.2 Å². The SMILES string of the molecule is COC(=O)C1=C(Nc2c(C(=O)O)ccc(Cl)c2C)C(=O)N(CCO)C1. The minimum Gasteiger partial charge on any atom is -0.478 e. The van der Waals surface area contributed by atoms with Crippen LogP contribution in [0.1, 0.15) is 15.9 Å². The summed E-state index contributed by atoms with van der Waals surface area (Å²) in [5, 5.41) is 21.5. The number of amides is 1. The number of hydrogen-bond donors (Lipinski definition) is 3. The fraction of sp³-hybridized carbons (Fsp3) is 0.312. The van der Waals surface area contributed by atoms with E-state index in [1.165, 1.54) is 24.1 Å². The number of methoxy groups -OCH3 is 1. The van der Waals surface area contributed by atoms with Gasteiger partial charge in [0.2, 0.25) is 0 Å². The monoisotopic (exact) mass is 368 g/mol. The number of aliphatic hydroxyl groups is 1. The predicted molar refractivity (Wildman–Crippen MR) is 89.5 cm³/mol. The van der Waals surface area contributed by atoms with Crippen LogP contribution in [0.25, 0.3) is 0 Å². The van der Waals surface area contributed by atoms with E-state index in [1.807, 2.05) is 0 Å². The first-order valence-corrected chi connectivity index (χ1v) is 7.70. The Kier molecular flexibility index (Phi) is 5.66. The first kappa shape index (κ1) is 18.8. The summed E-state index contributed by atoms with van der Waals surface area (Å²) in [7, 11) is 1.18. The van der Waals surface area contributed by atoms with Crippen LogP contribution >= 0.6 is 11.6 Å². The maximum absolute atomic E-state index is 12.5. The van der Waals surface area contributed by atoms with Gasteiger partial charge in [-0.3, -0.25) is 4.79 Å². The Morgan fingerprint density at radius 1 is 1.40 bits per heavy atom. The number of carboxylic acids is 1. The summed E-state index contributed by atoms with van der Waals surface area (Å²) >= 11 is 6.05. The molecule has 0 atom stereocenters. The number of aliphatic hydroxyl groups excluding tert-OH is 1. The topological polar surface area (TPSA) is 116 Å². The molecule has 1 aliphatic heterocycles. The normalized spacial score (nSPS) is 14.1. The molecule has 0 unspecified atom stereocenters. The van der Waals surface area contributed by atoms with E-state index in [-0.39, 0.29) is 42.2 Å². The van der Waals surface area contributed by atoms with Crippen molar-refractivity contribution >= 4 is 35.1 Å². The number of benzene rings is 1. The molecule has 1 aromatic rings. The third-order valence-electron chi connectivity index (χ3n) is 3.83. The van der Waals surface area contributed by atoms with Crippen molar-refractivity contribution in [2.75, 3.05) is 32.1 Å². The molecule has 134 valence electrons. The van der Waals surface area contributed by atoms with Gasteiger partial charge in [-0.05, 0) is 24.6 Å². The number of carbonyl (C=O) groups is 3. The smallest absolute Gasteiger partial charge is 0.337 e. The van der Waals surface area contributed by atoms with Gasteiger partial charge in [-0.25, -0.2) is 9.59 Å². The molecule has 1 aliphatic rings. The fourth-order valence-corrected chi connectivity index (χ4v) is 2.66. The predicted octanol–water partition coefficient (Wildman–Crippen LogP) is 1.02. The maximum Gasteiger partial charge on any atom is 0.337 e. The molecule has 0 fully saturated rings. The number of esters is 1. The summed E-state index contributed by atoms with van der Waals surface area (Å²) in [5.41, 5.74) is 0.416. The van der Waals surface area contributed by atoms with Crippen molar-refractivity contribution in [1.82, 2.24) is 4.90 Å². The van der Waals surface area contributed by atoms with Gasteiger partial charge in [0.25, 0.3) is 5.91 Å². The molecule has 0 aliphatic carbocycles. The van der Waals surface area contributed by atoms with Crippen LogP contribution in [0.4, 0.5) is 5.69 Å². The van der Waals surface area contributed by atoms with Gasteiger partial charge in [-0.2, -0.15) is 0 Å². The van der Waals surface area contributed by atoms with Gasteiger partial charge in [0.1, 0.15) is 5.70 Å². The molecular weight excluding hydrogens is 352 g/mol. The molecule has 0 spiro atoms. The highest BCUT2D eigenvalue weighted by molar-refractivity contribution is 6.32. The van der Waals surface area contributed by atoms with E-state index in [4.69, 9.17) is 16.7 Å². The second-order valence-electron chi connectivity index (χ2n) is 5.32. The van der Waals surface area contributed by atoms with E-state index in [9.17, 15) is 19.5 Å². The minimum atomic E-state index is -1.21. The van der Waals surface area contributed by atoms with Crippen molar-refractivity contribution in [3.63, 3.8) is 0 Å². The largest absolute Gasteiger partial charge is 0.478 e. The van der Waals surface area contributed by atoms with Gasteiger partial charge in [0.15, 0.2) is 0 Å². The quantitative estimate of drug-likeness (QED) is 0.642.